The number of rotatable bonds is 2. The molecule has 2 aromatic heterocycles. The first-order chi connectivity index (χ1) is 12.2. The van der Waals surface area contributed by atoms with Crippen LogP contribution in [0.3, 0.4) is 0 Å². The summed E-state index contributed by atoms with van der Waals surface area (Å²) in [6, 6.07) is 11.6. The van der Waals surface area contributed by atoms with E-state index in [2.05, 4.69) is 4.98 Å². The second-order valence-corrected chi connectivity index (χ2v) is 6.98. The fraction of sp³-hybridized carbons (Fsp3) is 0.167. The van der Waals surface area contributed by atoms with Crippen LogP contribution in [0.1, 0.15) is 31.3 Å². The van der Waals surface area contributed by atoms with Gasteiger partial charge in [-0.1, -0.05) is 18.2 Å². The van der Waals surface area contributed by atoms with Crippen molar-refractivity contribution in [3.8, 4) is 0 Å². The standard InChI is InChI=1S/C18H15N3O3S/c22-17(20-24)13-7-11-5-6-21(10-14(11)19-9-13)18(23)16-8-12-3-1-2-4-15(12)25-16/h1-4,7-9,24H,5-6,10H2,(H,20,22). The normalized spacial score (nSPS) is 13.6. The van der Waals surface area contributed by atoms with Gasteiger partial charge in [0.1, 0.15) is 0 Å². The lowest BCUT2D eigenvalue weighted by Gasteiger charge is -2.28. The lowest BCUT2D eigenvalue weighted by Crippen LogP contribution is -2.36. The van der Waals surface area contributed by atoms with Crippen LogP contribution < -0.4 is 5.48 Å². The molecule has 0 spiro atoms. The monoisotopic (exact) mass is 353 g/mol. The number of pyridine rings is 1. The quantitative estimate of drug-likeness (QED) is 0.548. The van der Waals surface area contributed by atoms with E-state index >= 15 is 0 Å². The first-order valence-electron chi connectivity index (χ1n) is 7.86. The summed E-state index contributed by atoms with van der Waals surface area (Å²) in [4.78, 5) is 31.1. The van der Waals surface area contributed by atoms with Crippen LogP contribution in [0.2, 0.25) is 0 Å². The van der Waals surface area contributed by atoms with Crippen molar-refractivity contribution in [3.63, 3.8) is 0 Å². The number of aromatic nitrogens is 1. The van der Waals surface area contributed by atoms with Crippen LogP contribution in [-0.2, 0) is 13.0 Å². The zero-order valence-corrected chi connectivity index (χ0v) is 14.0. The van der Waals surface area contributed by atoms with E-state index in [9.17, 15) is 9.59 Å². The molecule has 3 aromatic rings. The number of amides is 2. The van der Waals surface area contributed by atoms with E-state index in [1.807, 2.05) is 30.3 Å². The molecule has 1 aromatic carbocycles. The molecular formula is C18H15N3O3S. The van der Waals surface area contributed by atoms with Gasteiger partial charge in [-0.05, 0) is 35.6 Å². The first kappa shape index (κ1) is 15.7. The molecule has 7 heteroatoms. The average molecular weight is 353 g/mol. The molecule has 0 unspecified atom stereocenters. The third kappa shape index (κ3) is 2.88. The van der Waals surface area contributed by atoms with E-state index in [0.29, 0.717) is 25.1 Å². The summed E-state index contributed by atoms with van der Waals surface area (Å²) in [5.74, 6) is -0.579. The topological polar surface area (TPSA) is 82.5 Å². The number of thiophene rings is 1. The van der Waals surface area contributed by atoms with Crippen molar-refractivity contribution in [2.75, 3.05) is 6.54 Å². The van der Waals surface area contributed by atoms with E-state index in [4.69, 9.17) is 5.21 Å². The molecule has 0 aliphatic carbocycles. The van der Waals surface area contributed by atoms with Gasteiger partial charge in [-0.2, -0.15) is 0 Å². The zero-order valence-electron chi connectivity index (χ0n) is 13.2. The Morgan fingerprint density at radius 3 is 2.88 bits per heavy atom. The Balaban J connectivity index is 1.57. The fourth-order valence-electron chi connectivity index (χ4n) is 3.02. The molecule has 6 nitrogen and oxygen atoms in total. The third-order valence-corrected chi connectivity index (χ3v) is 5.44. The van der Waals surface area contributed by atoms with E-state index in [1.54, 1.807) is 16.4 Å². The highest BCUT2D eigenvalue weighted by Gasteiger charge is 2.24. The Morgan fingerprint density at radius 1 is 1.24 bits per heavy atom. The lowest BCUT2D eigenvalue weighted by atomic mass is 10.0. The molecule has 0 saturated heterocycles. The predicted molar refractivity (Wildman–Crippen MR) is 93.8 cm³/mol. The van der Waals surface area contributed by atoms with Crippen molar-refractivity contribution >= 4 is 33.2 Å². The second kappa shape index (κ2) is 6.27. The van der Waals surface area contributed by atoms with Crippen LogP contribution in [0.15, 0.2) is 42.6 Å². The number of carbonyl (C=O) groups is 2. The molecule has 1 aliphatic rings. The van der Waals surface area contributed by atoms with E-state index in [0.717, 1.165) is 26.2 Å². The van der Waals surface area contributed by atoms with Gasteiger partial charge >= 0.3 is 0 Å². The fourth-order valence-corrected chi connectivity index (χ4v) is 4.05. The molecule has 1 aliphatic heterocycles. The molecule has 2 amide bonds. The summed E-state index contributed by atoms with van der Waals surface area (Å²) >= 11 is 1.50. The average Bonchev–Trinajstić information content (AvgIpc) is 3.10. The molecular weight excluding hydrogens is 338 g/mol. The molecule has 126 valence electrons. The van der Waals surface area contributed by atoms with E-state index < -0.39 is 5.91 Å². The minimum atomic E-state index is -0.584. The maximum Gasteiger partial charge on any atom is 0.276 e. The van der Waals surface area contributed by atoms with Gasteiger partial charge in [-0.3, -0.25) is 19.8 Å². The molecule has 0 fully saturated rings. The number of benzene rings is 1. The Kier molecular flexibility index (Phi) is 3.95. The van der Waals surface area contributed by atoms with Crippen LogP contribution in [0.5, 0.6) is 0 Å². The summed E-state index contributed by atoms with van der Waals surface area (Å²) in [6.45, 7) is 0.995. The summed E-state index contributed by atoms with van der Waals surface area (Å²) in [5.41, 5.74) is 3.64. The summed E-state index contributed by atoms with van der Waals surface area (Å²) in [6.07, 6.45) is 2.04. The van der Waals surface area contributed by atoms with Gasteiger partial charge < -0.3 is 4.90 Å². The number of hydrogen-bond donors (Lipinski definition) is 2. The Morgan fingerprint density at radius 2 is 2.08 bits per heavy atom. The van der Waals surface area contributed by atoms with Crippen LogP contribution in [-0.4, -0.2) is 33.5 Å². The van der Waals surface area contributed by atoms with Gasteiger partial charge in [0, 0.05) is 17.4 Å². The molecule has 0 bridgehead atoms. The van der Waals surface area contributed by atoms with Crippen molar-refractivity contribution in [3.05, 3.63) is 64.3 Å². The molecule has 3 heterocycles. The Bertz CT molecular complexity index is 950. The zero-order chi connectivity index (χ0) is 17.4. The van der Waals surface area contributed by atoms with Gasteiger partial charge in [-0.15, -0.1) is 11.3 Å². The Hall–Kier alpha value is -2.77. The van der Waals surface area contributed by atoms with Gasteiger partial charge in [0.15, 0.2) is 0 Å². The minimum absolute atomic E-state index is 0.00540. The largest absolute Gasteiger partial charge is 0.332 e. The summed E-state index contributed by atoms with van der Waals surface area (Å²) < 4.78 is 1.10. The molecule has 2 N–H and O–H groups in total. The van der Waals surface area contributed by atoms with Crippen LogP contribution in [0, 0.1) is 0 Å². The van der Waals surface area contributed by atoms with Gasteiger partial charge in [0.25, 0.3) is 11.8 Å². The van der Waals surface area contributed by atoms with Crippen molar-refractivity contribution in [1.29, 1.82) is 0 Å². The number of carbonyl (C=O) groups excluding carboxylic acids is 2. The van der Waals surface area contributed by atoms with E-state index in [1.165, 1.54) is 17.5 Å². The predicted octanol–water partition coefficient (Wildman–Crippen LogP) is 2.61. The molecule has 0 saturated carbocycles. The van der Waals surface area contributed by atoms with Crippen molar-refractivity contribution in [2.24, 2.45) is 0 Å². The summed E-state index contributed by atoms with van der Waals surface area (Å²) in [7, 11) is 0. The van der Waals surface area contributed by atoms with Gasteiger partial charge in [-0.25, -0.2) is 5.48 Å². The van der Waals surface area contributed by atoms with Crippen molar-refractivity contribution in [1.82, 2.24) is 15.4 Å². The third-order valence-electron chi connectivity index (χ3n) is 4.34. The molecule has 0 radical (unpaired) electrons. The van der Waals surface area contributed by atoms with Crippen molar-refractivity contribution < 1.29 is 14.8 Å². The number of hydrogen-bond acceptors (Lipinski definition) is 5. The van der Waals surface area contributed by atoms with Gasteiger partial charge in [0.05, 0.1) is 22.7 Å². The molecule has 4 rings (SSSR count). The first-order valence-corrected chi connectivity index (χ1v) is 8.67. The van der Waals surface area contributed by atoms with Crippen molar-refractivity contribution in [2.45, 2.75) is 13.0 Å². The van der Waals surface area contributed by atoms with Crippen LogP contribution >= 0.6 is 11.3 Å². The maximum atomic E-state index is 12.8. The number of nitrogens with one attached hydrogen (secondary N) is 1. The highest BCUT2D eigenvalue weighted by Crippen LogP contribution is 2.28. The Labute approximate surface area is 147 Å². The van der Waals surface area contributed by atoms with Crippen LogP contribution in [0.4, 0.5) is 0 Å². The number of nitrogens with zero attached hydrogens (tertiary/aromatic N) is 2. The smallest absolute Gasteiger partial charge is 0.276 e. The SMILES string of the molecule is O=C(NO)c1cnc2c(c1)CCN(C(=O)c1cc3ccccc3s1)C2. The van der Waals surface area contributed by atoms with Gasteiger partial charge in [0.2, 0.25) is 0 Å². The minimum Gasteiger partial charge on any atom is -0.332 e. The van der Waals surface area contributed by atoms with E-state index in [-0.39, 0.29) is 5.91 Å². The number of hydroxylamine groups is 1. The number of fused-ring (bicyclic) bond motifs is 2. The second-order valence-electron chi connectivity index (χ2n) is 5.90. The molecule has 25 heavy (non-hydrogen) atoms. The maximum absolute atomic E-state index is 12.8. The van der Waals surface area contributed by atoms with Crippen LogP contribution in [0.25, 0.3) is 10.1 Å². The molecule has 0 atom stereocenters. The highest BCUT2D eigenvalue weighted by molar-refractivity contribution is 7.20. The highest BCUT2D eigenvalue weighted by atomic mass is 32.1. The lowest BCUT2D eigenvalue weighted by molar-refractivity contribution is 0.0701. The summed E-state index contributed by atoms with van der Waals surface area (Å²) in [5, 5.41) is 9.79.